The summed E-state index contributed by atoms with van der Waals surface area (Å²) in [5.41, 5.74) is 6.01. The molecule has 1 aromatic heterocycles. The molecule has 0 saturated carbocycles. The van der Waals surface area contributed by atoms with E-state index in [4.69, 9.17) is 5.73 Å². The van der Waals surface area contributed by atoms with Crippen LogP contribution in [0.1, 0.15) is 5.69 Å². The normalized spacial score (nSPS) is 10.5. The number of amides is 1. The summed E-state index contributed by atoms with van der Waals surface area (Å²) in [4.78, 5) is 13.8. The number of H-pyrrole nitrogens is 1. The smallest absolute Gasteiger partial charge is 0.223 e. The molecule has 0 aliphatic carbocycles. The van der Waals surface area contributed by atoms with Crippen LogP contribution < -0.4 is 5.73 Å². The van der Waals surface area contributed by atoms with Crippen LogP contribution in [0.5, 0.6) is 0 Å². The summed E-state index contributed by atoms with van der Waals surface area (Å²) < 4.78 is 0. The Bertz CT molecular complexity index is 445. The zero-order valence-corrected chi connectivity index (χ0v) is 7.08. The molecule has 0 fully saturated rings. The zero-order valence-electron chi connectivity index (χ0n) is 7.08. The number of aromatic amines is 1. The fourth-order valence-electron chi connectivity index (χ4n) is 1.46. The van der Waals surface area contributed by atoms with Crippen molar-refractivity contribution in [1.82, 2.24) is 4.98 Å². The van der Waals surface area contributed by atoms with E-state index < -0.39 is 0 Å². The minimum Gasteiger partial charge on any atom is -0.369 e. The maximum absolute atomic E-state index is 10.7. The minimum absolute atomic E-state index is 0.271. The first-order chi connectivity index (χ1) is 6.27. The molecule has 66 valence electrons. The number of hydrogen-bond acceptors (Lipinski definition) is 1. The van der Waals surface area contributed by atoms with Gasteiger partial charge in [-0.05, 0) is 5.39 Å². The Morgan fingerprint density at radius 3 is 2.92 bits per heavy atom. The lowest BCUT2D eigenvalue weighted by Crippen LogP contribution is -2.13. The first kappa shape index (κ1) is 7.86. The number of nitrogens with two attached hydrogens (primary N) is 1. The van der Waals surface area contributed by atoms with E-state index in [0.29, 0.717) is 0 Å². The highest BCUT2D eigenvalue weighted by Crippen LogP contribution is 2.17. The van der Waals surface area contributed by atoms with Gasteiger partial charge >= 0.3 is 0 Å². The predicted molar refractivity (Wildman–Crippen MR) is 51.2 cm³/mol. The van der Waals surface area contributed by atoms with E-state index in [2.05, 4.69) is 4.98 Å². The molecule has 0 atom stereocenters. The Labute approximate surface area is 75.6 Å². The van der Waals surface area contributed by atoms with Crippen LogP contribution in [0.25, 0.3) is 10.8 Å². The predicted octanol–water partition coefficient (Wildman–Crippen LogP) is 1.20. The van der Waals surface area contributed by atoms with Crippen molar-refractivity contribution in [2.75, 3.05) is 0 Å². The molecule has 3 heteroatoms. The maximum atomic E-state index is 10.7. The number of nitrogens with one attached hydrogen (secondary N) is 1. The Kier molecular flexibility index (Phi) is 1.77. The quantitative estimate of drug-likeness (QED) is 0.706. The Morgan fingerprint density at radius 2 is 2.15 bits per heavy atom. The van der Waals surface area contributed by atoms with Crippen molar-refractivity contribution in [3.63, 3.8) is 0 Å². The molecule has 0 aliphatic heterocycles. The molecule has 13 heavy (non-hydrogen) atoms. The molecule has 1 amide bonds. The molecule has 0 bridgehead atoms. The number of aromatic nitrogens is 1. The van der Waals surface area contributed by atoms with E-state index >= 15 is 0 Å². The summed E-state index contributed by atoms with van der Waals surface area (Å²) >= 11 is 0. The number of primary amides is 1. The monoisotopic (exact) mass is 174 g/mol. The fraction of sp³-hybridized carbons (Fsp3) is 0.100. The third-order valence-electron chi connectivity index (χ3n) is 2.04. The third kappa shape index (κ3) is 1.40. The Hall–Kier alpha value is -1.77. The lowest BCUT2D eigenvalue weighted by molar-refractivity contribution is -0.117. The van der Waals surface area contributed by atoms with E-state index in [1.54, 1.807) is 0 Å². The summed E-state index contributed by atoms with van der Waals surface area (Å²) in [5, 5.41) is 2.18. The first-order valence-corrected chi connectivity index (χ1v) is 4.10. The van der Waals surface area contributed by atoms with Gasteiger partial charge in [0.2, 0.25) is 5.91 Å². The number of benzene rings is 1. The van der Waals surface area contributed by atoms with Gasteiger partial charge in [0.1, 0.15) is 0 Å². The number of rotatable bonds is 2. The summed E-state index contributed by atoms with van der Waals surface area (Å²) in [6.07, 6.45) is 2.15. The average Bonchev–Trinajstić information content (AvgIpc) is 2.48. The highest BCUT2D eigenvalue weighted by molar-refractivity contribution is 5.89. The molecule has 0 radical (unpaired) electrons. The maximum Gasteiger partial charge on any atom is 0.223 e. The first-order valence-electron chi connectivity index (χ1n) is 4.10. The average molecular weight is 174 g/mol. The van der Waals surface area contributed by atoms with E-state index in [0.717, 1.165) is 16.5 Å². The van der Waals surface area contributed by atoms with Gasteiger partial charge in [0.05, 0.1) is 6.42 Å². The highest BCUT2D eigenvalue weighted by Gasteiger charge is 2.04. The van der Waals surface area contributed by atoms with Crippen LogP contribution in [0.4, 0.5) is 0 Å². The largest absolute Gasteiger partial charge is 0.369 e. The van der Waals surface area contributed by atoms with Crippen molar-refractivity contribution in [2.24, 2.45) is 5.73 Å². The Morgan fingerprint density at radius 1 is 1.38 bits per heavy atom. The van der Waals surface area contributed by atoms with Crippen molar-refractivity contribution >= 4 is 16.7 Å². The van der Waals surface area contributed by atoms with Gasteiger partial charge in [-0.1, -0.05) is 24.3 Å². The van der Waals surface area contributed by atoms with Crippen molar-refractivity contribution in [3.8, 4) is 0 Å². The van der Waals surface area contributed by atoms with E-state index in [9.17, 15) is 4.79 Å². The fourth-order valence-corrected chi connectivity index (χ4v) is 1.46. The van der Waals surface area contributed by atoms with Gasteiger partial charge in [0, 0.05) is 17.3 Å². The van der Waals surface area contributed by atoms with Crippen LogP contribution in [0, 0.1) is 0 Å². The number of carbonyl (C=O) groups is 1. The lowest BCUT2D eigenvalue weighted by Gasteiger charge is -1.94. The molecular formula is C10H10N2O. The van der Waals surface area contributed by atoms with Gasteiger partial charge in [-0.15, -0.1) is 0 Å². The van der Waals surface area contributed by atoms with Gasteiger partial charge < -0.3 is 10.7 Å². The topological polar surface area (TPSA) is 58.9 Å². The minimum atomic E-state index is -0.312. The molecule has 1 aromatic carbocycles. The van der Waals surface area contributed by atoms with Gasteiger partial charge in [-0.3, -0.25) is 4.79 Å². The number of carbonyl (C=O) groups excluding carboxylic acids is 1. The second-order valence-electron chi connectivity index (χ2n) is 3.00. The van der Waals surface area contributed by atoms with Crippen LogP contribution in [0.15, 0.2) is 30.5 Å². The van der Waals surface area contributed by atoms with Gasteiger partial charge in [-0.2, -0.15) is 0 Å². The van der Waals surface area contributed by atoms with Crippen LogP contribution in [-0.2, 0) is 11.2 Å². The molecule has 3 nitrogen and oxygen atoms in total. The summed E-state index contributed by atoms with van der Waals surface area (Å²) in [6.45, 7) is 0. The van der Waals surface area contributed by atoms with Crippen molar-refractivity contribution in [3.05, 3.63) is 36.2 Å². The molecule has 0 aliphatic rings. The van der Waals surface area contributed by atoms with Crippen LogP contribution in [-0.4, -0.2) is 10.9 Å². The molecular weight excluding hydrogens is 164 g/mol. The SMILES string of the molecule is NC(=O)Cc1[nH]cc2ccccc12. The molecule has 0 saturated heterocycles. The van der Waals surface area contributed by atoms with Crippen LogP contribution in [0.3, 0.4) is 0 Å². The Balaban J connectivity index is 2.51. The number of fused-ring (bicyclic) bond motifs is 1. The molecule has 0 unspecified atom stereocenters. The van der Waals surface area contributed by atoms with E-state index in [1.165, 1.54) is 0 Å². The third-order valence-corrected chi connectivity index (χ3v) is 2.04. The molecule has 2 rings (SSSR count). The second kappa shape index (κ2) is 2.94. The second-order valence-corrected chi connectivity index (χ2v) is 3.00. The van der Waals surface area contributed by atoms with E-state index in [1.807, 2.05) is 30.5 Å². The zero-order chi connectivity index (χ0) is 9.26. The molecule has 1 heterocycles. The van der Waals surface area contributed by atoms with Crippen molar-refractivity contribution in [1.29, 1.82) is 0 Å². The van der Waals surface area contributed by atoms with Crippen LogP contribution >= 0.6 is 0 Å². The van der Waals surface area contributed by atoms with Gasteiger partial charge in [0.15, 0.2) is 0 Å². The summed E-state index contributed by atoms with van der Waals surface area (Å²) in [7, 11) is 0. The van der Waals surface area contributed by atoms with Gasteiger partial charge in [-0.25, -0.2) is 0 Å². The summed E-state index contributed by atoms with van der Waals surface area (Å²) in [6, 6.07) is 7.88. The van der Waals surface area contributed by atoms with Gasteiger partial charge in [0.25, 0.3) is 0 Å². The van der Waals surface area contributed by atoms with Crippen LogP contribution in [0.2, 0.25) is 0 Å². The van der Waals surface area contributed by atoms with Crippen molar-refractivity contribution < 1.29 is 4.79 Å². The molecule has 3 N–H and O–H groups in total. The van der Waals surface area contributed by atoms with Crippen molar-refractivity contribution in [2.45, 2.75) is 6.42 Å². The lowest BCUT2D eigenvalue weighted by atomic mass is 10.1. The number of hydrogen-bond donors (Lipinski definition) is 2. The molecule has 2 aromatic rings. The highest BCUT2D eigenvalue weighted by atomic mass is 16.1. The van der Waals surface area contributed by atoms with E-state index in [-0.39, 0.29) is 12.3 Å². The summed E-state index contributed by atoms with van der Waals surface area (Å²) in [5.74, 6) is -0.312. The standard InChI is InChI=1S/C10H10N2O/c11-10(13)5-9-8-4-2-1-3-7(8)6-12-9/h1-4,6,12H,5H2,(H2,11,13). The molecule has 0 spiro atoms.